The lowest BCUT2D eigenvalue weighted by Gasteiger charge is -2.38. The maximum absolute atomic E-state index is 14.0. The zero-order chi connectivity index (χ0) is 60.5. The number of rotatable bonds is 46. The van der Waals surface area contributed by atoms with E-state index in [0.29, 0.717) is 162 Å². The van der Waals surface area contributed by atoms with Crippen molar-refractivity contribution < 1.29 is 111 Å². The Labute approximate surface area is 489 Å². The van der Waals surface area contributed by atoms with Gasteiger partial charge in [-0.1, -0.05) is 0 Å². The van der Waals surface area contributed by atoms with Crippen molar-refractivity contribution >= 4 is 62.8 Å². The molecule has 2 fully saturated rings. The van der Waals surface area contributed by atoms with Gasteiger partial charge in [-0.15, -0.1) is 11.3 Å². The van der Waals surface area contributed by atoms with Crippen molar-refractivity contribution in [2.24, 2.45) is 16.6 Å². The van der Waals surface area contributed by atoms with E-state index < -0.39 is 62.5 Å². The van der Waals surface area contributed by atoms with Crippen LogP contribution in [0, 0.1) is 29.2 Å². The van der Waals surface area contributed by atoms with Gasteiger partial charge in [0, 0.05) is 55.4 Å². The van der Waals surface area contributed by atoms with Crippen molar-refractivity contribution in [3.63, 3.8) is 0 Å². The summed E-state index contributed by atoms with van der Waals surface area (Å²) in [4.78, 5) is 62.3. The molecule has 0 atom stereocenters. The van der Waals surface area contributed by atoms with Crippen LogP contribution in [0.4, 0.5) is 28.0 Å². The largest absolute Gasteiger partial charge is 0.446 e. The number of ketones is 1. The minimum atomic E-state index is -5.65. The van der Waals surface area contributed by atoms with Gasteiger partial charge < -0.3 is 67.9 Å². The Balaban J connectivity index is 0.735. The number of ether oxygens (including phenoxy) is 12. The van der Waals surface area contributed by atoms with Crippen molar-refractivity contribution in [2.75, 3.05) is 165 Å². The molecule has 0 unspecified atom stereocenters. The number of amidine groups is 1. The standard InChI is InChI=1S/C53H77F4N5O20S2/c1-2-80-62(10-4-9-59-53(66)81-39-5-3-6-39)52(65)37-31-43-41(60-44(58)32-37)33-40(83-43)36-61-34-38(35-61)42(63)7-11-70-13-15-72-17-19-74-21-23-76-25-27-78-29-30-79-28-26-77-24-22-75-20-18-73-16-14-71-12-8-45(64)82-50-46(54)48(56)51(84(67,68)69)49(57)47(50)55/h31,33,38-39H,2-30,32,34-36H2,1H3,(H2,58,60)(H,59,66)(H,67,68,69). The first kappa shape index (κ1) is 69.9. The third-order valence-corrected chi connectivity index (χ3v) is 14.3. The number of benzene rings is 1. The van der Waals surface area contributed by atoms with Crippen LogP contribution in [0.25, 0.3) is 6.08 Å². The highest BCUT2D eigenvalue weighted by molar-refractivity contribution is 7.85. The maximum atomic E-state index is 14.0. The molecule has 1 aliphatic carbocycles. The first-order chi connectivity index (χ1) is 40.5. The highest BCUT2D eigenvalue weighted by Gasteiger charge is 2.35. The number of thiophene rings is 1. The molecular weight excluding hydrogens is 1170 g/mol. The lowest BCUT2D eigenvalue weighted by Crippen LogP contribution is -2.49. The lowest BCUT2D eigenvalue weighted by molar-refractivity contribution is -0.180. The zero-order valence-corrected chi connectivity index (χ0v) is 48.7. The average molecular weight is 1240 g/mol. The number of likely N-dealkylation sites (tertiary alicyclic amines) is 1. The normalized spacial score (nSPS) is 14.7. The summed E-state index contributed by atoms with van der Waals surface area (Å²) in [5.41, 5.74) is 7.43. The molecule has 1 saturated heterocycles. The Morgan fingerprint density at radius 2 is 1.20 bits per heavy atom. The molecular formula is C53H77F4N5O20S2. The third kappa shape index (κ3) is 25.6. The number of alkyl carbamates (subject to hydrolysis) is 1. The van der Waals surface area contributed by atoms with E-state index in [2.05, 4.69) is 19.9 Å². The van der Waals surface area contributed by atoms with Crippen LogP contribution in [-0.4, -0.2) is 224 Å². The molecule has 3 heterocycles. The van der Waals surface area contributed by atoms with Crippen LogP contribution >= 0.6 is 11.3 Å². The Morgan fingerprint density at radius 3 is 1.65 bits per heavy atom. The fourth-order valence-electron chi connectivity index (χ4n) is 7.90. The van der Waals surface area contributed by atoms with Crippen LogP contribution in [0.2, 0.25) is 0 Å². The summed E-state index contributed by atoms with van der Waals surface area (Å²) in [5.74, 6) is -12.5. The number of hydroxylamine groups is 2. The Morgan fingerprint density at radius 1 is 0.726 bits per heavy atom. The van der Waals surface area contributed by atoms with Gasteiger partial charge in [-0.25, -0.2) is 23.6 Å². The number of nitrogens with one attached hydrogen (secondary N) is 1. The molecule has 0 spiro atoms. The summed E-state index contributed by atoms with van der Waals surface area (Å²) in [6.07, 6.45) is 4.64. The summed E-state index contributed by atoms with van der Waals surface area (Å²) < 4.78 is 151. The van der Waals surface area contributed by atoms with Crippen LogP contribution in [-0.2, 0) is 88.0 Å². The lowest BCUT2D eigenvalue weighted by atomic mass is 9.93. The highest BCUT2D eigenvalue weighted by atomic mass is 32.2. The van der Waals surface area contributed by atoms with Gasteiger partial charge in [-0.3, -0.25) is 28.7 Å². The van der Waals surface area contributed by atoms with Gasteiger partial charge in [-0.05, 0) is 44.7 Å². The molecule has 5 rings (SSSR count). The van der Waals surface area contributed by atoms with Gasteiger partial charge in [0.25, 0.3) is 5.91 Å². The number of hydrogen-bond acceptors (Lipinski definition) is 23. The van der Waals surface area contributed by atoms with E-state index in [1.54, 1.807) is 6.92 Å². The second-order valence-corrected chi connectivity index (χ2v) is 21.3. The molecule has 474 valence electrons. The van der Waals surface area contributed by atoms with Crippen LogP contribution in [0.3, 0.4) is 0 Å². The predicted molar refractivity (Wildman–Crippen MR) is 291 cm³/mol. The Bertz CT molecular complexity index is 2510. The number of fused-ring (bicyclic) bond motifs is 1. The predicted octanol–water partition coefficient (Wildman–Crippen LogP) is 4.33. The molecule has 2 amide bonds. The maximum Gasteiger partial charge on any atom is 0.407 e. The molecule has 1 aromatic carbocycles. The second kappa shape index (κ2) is 39.1. The van der Waals surface area contributed by atoms with Gasteiger partial charge in [0.2, 0.25) is 17.4 Å². The number of nitrogens with two attached hydrogens (primary N) is 1. The van der Waals surface area contributed by atoms with Gasteiger partial charge >= 0.3 is 22.2 Å². The summed E-state index contributed by atoms with van der Waals surface area (Å²) in [5, 5.41) is 4.05. The number of Topliss-reactive ketones (excluding diaryl/α,β-unsaturated/α-hetero) is 1. The van der Waals surface area contributed by atoms with Crippen molar-refractivity contribution in [3.8, 4) is 5.75 Å². The van der Waals surface area contributed by atoms with E-state index in [-0.39, 0.29) is 69.7 Å². The molecule has 25 nitrogen and oxygen atoms in total. The van der Waals surface area contributed by atoms with E-state index in [0.717, 1.165) is 29.0 Å². The smallest absolute Gasteiger partial charge is 0.407 e. The Hall–Kier alpha value is -4.84. The number of aliphatic imine (C=N–C) groups is 1. The van der Waals surface area contributed by atoms with E-state index in [4.69, 9.17) is 67.2 Å². The average Bonchev–Trinajstić information content (AvgIpc) is 3.78. The summed E-state index contributed by atoms with van der Waals surface area (Å²) >= 11 is 1.54. The van der Waals surface area contributed by atoms with Crippen LogP contribution in [0.5, 0.6) is 5.75 Å². The first-order valence-electron chi connectivity index (χ1n) is 27.7. The summed E-state index contributed by atoms with van der Waals surface area (Å²) in [6, 6.07) is 1.98. The number of carbonyl (C=O) groups excluding carboxylic acids is 4. The zero-order valence-electron chi connectivity index (χ0n) is 47.1. The quantitative estimate of drug-likeness (QED) is 0.0158. The van der Waals surface area contributed by atoms with Crippen LogP contribution in [0.1, 0.15) is 61.6 Å². The molecule has 2 aliphatic heterocycles. The summed E-state index contributed by atoms with van der Waals surface area (Å²) in [7, 11) is -5.65. The number of nitrogens with zero attached hydrogens (tertiary/aromatic N) is 3. The van der Waals surface area contributed by atoms with E-state index >= 15 is 0 Å². The van der Waals surface area contributed by atoms with E-state index in [1.807, 2.05) is 12.1 Å². The van der Waals surface area contributed by atoms with Crippen molar-refractivity contribution in [1.82, 2.24) is 15.3 Å². The topological polar surface area (TPSA) is 300 Å². The molecule has 3 aliphatic rings. The Kier molecular flexibility index (Phi) is 32.5. The molecule has 84 heavy (non-hydrogen) atoms. The highest BCUT2D eigenvalue weighted by Crippen LogP contribution is 2.37. The van der Waals surface area contributed by atoms with E-state index in [9.17, 15) is 45.2 Å². The molecule has 31 heteroatoms. The number of hydrogen-bond donors (Lipinski definition) is 3. The van der Waals surface area contributed by atoms with E-state index in [1.165, 1.54) is 16.4 Å². The molecule has 4 N–H and O–H groups in total. The number of amides is 2. The van der Waals surface area contributed by atoms with Crippen LogP contribution < -0.4 is 15.8 Å². The molecule has 0 radical (unpaired) electrons. The van der Waals surface area contributed by atoms with Crippen LogP contribution in [0.15, 0.2) is 21.5 Å². The van der Waals surface area contributed by atoms with Gasteiger partial charge in [0.15, 0.2) is 16.5 Å². The van der Waals surface area contributed by atoms with Gasteiger partial charge in [0.1, 0.15) is 17.7 Å². The third-order valence-electron chi connectivity index (χ3n) is 12.4. The second-order valence-electron chi connectivity index (χ2n) is 18.8. The minimum Gasteiger partial charge on any atom is -0.446 e. The number of carbonyl (C=O) groups is 4. The van der Waals surface area contributed by atoms with Crippen molar-refractivity contribution in [2.45, 2.75) is 69.4 Å². The number of halogens is 4. The summed E-state index contributed by atoms with van der Waals surface area (Å²) in [6.45, 7) is 10.6. The first-order valence-corrected chi connectivity index (χ1v) is 29.9. The minimum absolute atomic E-state index is 0.00520. The van der Waals surface area contributed by atoms with Gasteiger partial charge in [0.05, 0.1) is 162 Å². The van der Waals surface area contributed by atoms with Crippen molar-refractivity contribution in [3.05, 3.63) is 44.7 Å². The molecule has 0 bridgehead atoms. The van der Waals surface area contributed by atoms with Gasteiger partial charge in [-0.2, -0.15) is 17.2 Å². The SMILES string of the molecule is CCON(CCCNC(=O)OC1CCC1)C(=O)C1=Cc2sc(CN3CC(C(=O)CCOCCOCCOCCOCCOCCOCCOCCOCCOCCOCCC(=O)Oc4c(F)c(F)c(S(=O)(=O)O)c(F)c4F)C3)cc2N=C(N)C1. The van der Waals surface area contributed by atoms with Crippen molar-refractivity contribution in [1.29, 1.82) is 0 Å². The number of esters is 1. The fourth-order valence-corrected chi connectivity index (χ4v) is 9.64. The molecule has 1 saturated carbocycles. The monoisotopic (exact) mass is 1240 g/mol. The molecule has 1 aromatic heterocycles. The fraction of sp³-hybridized carbons (Fsp3) is 0.679. The molecule has 2 aromatic rings.